The first-order chi connectivity index (χ1) is 9.45. The van der Waals surface area contributed by atoms with Gasteiger partial charge in [-0.15, -0.1) is 0 Å². The lowest BCUT2D eigenvalue weighted by molar-refractivity contribution is 0.0967. The molecule has 110 valence electrons. The molecule has 20 heavy (non-hydrogen) atoms. The summed E-state index contributed by atoms with van der Waals surface area (Å²) in [5, 5.41) is 0. The van der Waals surface area contributed by atoms with Gasteiger partial charge in [-0.3, -0.25) is 4.79 Å². The topological polar surface area (TPSA) is 23.6 Å². The first-order valence-electron chi connectivity index (χ1n) is 7.46. The number of Topliss-reactive ketones (excluding diaryl/α,β-unsaturated/α-hetero) is 1. The van der Waals surface area contributed by atoms with Crippen LogP contribution in [0.25, 0.3) is 0 Å². The van der Waals surface area contributed by atoms with Crippen LogP contribution in [0.5, 0.6) is 0 Å². The van der Waals surface area contributed by atoms with Gasteiger partial charge in [-0.25, -0.2) is 0 Å². The van der Waals surface area contributed by atoms with Crippen molar-refractivity contribution in [2.75, 3.05) is 33.7 Å². The second kappa shape index (κ2) is 6.51. The van der Waals surface area contributed by atoms with Crippen LogP contribution in [-0.2, 0) is 0 Å². The zero-order valence-corrected chi connectivity index (χ0v) is 13.1. The van der Waals surface area contributed by atoms with E-state index in [0.717, 1.165) is 25.2 Å². The Bertz CT molecular complexity index is 462. The smallest absolute Gasteiger partial charge is 0.164 e. The van der Waals surface area contributed by atoms with Crippen LogP contribution in [0.2, 0.25) is 0 Å². The van der Waals surface area contributed by atoms with Crippen molar-refractivity contribution in [1.29, 1.82) is 0 Å². The predicted molar refractivity (Wildman–Crippen MR) is 83.4 cm³/mol. The zero-order valence-electron chi connectivity index (χ0n) is 13.1. The maximum atomic E-state index is 12.3. The molecule has 0 saturated carbocycles. The lowest BCUT2D eigenvalue weighted by atomic mass is 10.0. The molecule has 0 bridgehead atoms. The predicted octanol–water partition coefficient (Wildman–Crippen LogP) is 2.51. The van der Waals surface area contributed by atoms with Crippen LogP contribution in [0.1, 0.15) is 34.3 Å². The summed E-state index contributed by atoms with van der Waals surface area (Å²) < 4.78 is 0. The molecule has 1 unspecified atom stereocenters. The van der Waals surface area contributed by atoms with Gasteiger partial charge in [0.05, 0.1) is 0 Å². The van der Waals surface area contributed by atoms with Crippen LogP contribution in [-0.4, -0.2) is 55.4 Å². The number of hydrogen-bond acceptors (Lipinski definition) is 3. The quantitative estimate of drug-likeness (QED) is 0.771. The van der Waals surface area contributed by atoms with Gasteiger partial charge in [0.1, 0.15) is 0 Å². The molecular formula is C17H26N2O. The first kappa shape index (κ1) is 15.2. The van der Waals surface area contributed by atoms with Crippen LogP contribution in [0, 0.1) is 13.8 Å². The number of carbonyl (C=O) groups excluding carboxylic acids is 1. The highest BCUT2D eigenvalue weighted by Gasteiger charge is 2.24. The fourth-order valence-corrected chi connectivity index (χ4v) is 2.98. The van der Waals surface area contributed by atoms with E-state index in [2.05, 4.69) is 30.0 Å². The third kappa shape index (κ3) is 3.90. The number of nitrogens with zero attached hydrogens (tertiary/aromatic N) is 2. The van der Waals surface area contributed by atoms with Gasteiger partial charge in [-0.2, -0.15) is 0 Å². The maximum absolute atomic E-state index is 12.3. The summed E-state index contributed by atoms with van der Waals surface area (Å²) in [6.45, 7) is 7.18. The summed E-state index contributed by atoms with van der Waals surface area (Å²) in [6, 6.07) is 6.76. The molecule has 2 rings (SSSR count). The number of rotatable bonds is 5. The molecule has 0 aromatic heterocycles. The van der Waals surface area contributed by atoms with Gasteiger partial charge in [0.15, 0.2) is 5.78 Å². The highest BCUT2D eigenvalue weighted by atomic mass is 16.1. The number of likely N-dealkylation sites (N-methyl/N-ethyl adjacent to an activating group) is 1. The van der Waals surface area contributed by atoms with E-state index in [9.17, 15) is 4.79 Å². The molecule has 0 radical (unpaired) electrons. The summed E-state index contributed by atoms with van der Waals surface area (Å²) in [5.41, 5.74) is 3.20. The molecule has 1 heterocycles. The van der Waals surface area contributed by atoms with Gasteiger partial charge in [0.25, 0.3) is 0 Å². The van der Waals surface area contributed by atoms with Crippen molar-refractivity contribution < 1.29 is 4.79 Å². The highest BCUT2D eigenvalue weighted by molar-refractivity contribution is 5.96. The van der Waals surface area contributed by atoms with Gasteiger partial charge in [0.2, 0.25) is 0 Å². The Kier molecular flexibility index (Phi) is 4.95. The number of hydrogen-bond donors (Lipinski definition) is 0. The molecule has 3 heteroatoms. The molecule has 1 aliphatic heterocycles. The standard InChI is InChI=1S/C17H26N2O/c1-13-9-14(2)11-15(10-13)17(20)6-8-19-7-5-16(12-19)18(3)4/h9-11,16H,5-8,12H2,1-4H3. The number of aryl methyl sites for hydroxylation is 2. The van der Waals surface area contributed by atoms with E-state index in [-0.39, 0.29) is 5.78 Å². The Morgan fingerprint density at radius 3 is 2.45 bits per heavy atom. The van der Waals surface area contributed by atoms with Gasteiger partial charge in [-0.1, -0.05) is 17.2 Å². The van der Waals surface area contributed by atoms with Crippen molar-refractivity contribution >= 4 is 5.78 Å². The molecule has 0 amide bonds. The molecule has 1 aromatic rings. The molecular weight excluding hydrogens is 248 g/mol. The second-order valence-electron chi connectivity index (χ2n) is 6.26. The molecule has 0 spiro atoms. The number of carbonyl (C=O) groups is 1. The Hall–Kier alpha value is -1.19. The lowest BCUT2D eigenvalue weighted by Crippen LogP contribution is -2.32. The van der Waals surface area contributed by atoms with E-state index in [1.807, 2.05) is 26.0 Å². The number of ketones is 1. The number of benzene rings is 1. The average Bonchev–Trinajstić information content (AvgIpc) is 2.83. The van der Waals surface area contributed by atoms with Crippen LogP contribution in [0.3, 0.4) is 0 Å². The normalized spacial score (nSPS) is 19.8. The van der Waals surface area contributed by atoms with E-state index >= 15 is 0 Å². The van der Waals surface area contributed by atoms with Crippen molar-refractivity contribution in [3.8, 4) is 0 Å². The zero-order chi connectivity index (χ0) is 14.7. The Morgan fingerprint density at radius 1 is 1.25 bits per heavy atom. The summed E-state index contributed by atoms with van der Waals surface area (Å²) in [6.07, 6.45) is 1.84. The summed E-state index contributed by atoms with van der Waals surface area (Å²) >= 11 is 0. The Labute approximate surface area is 122 Å². The summed E-state index contributed by atoms with van der Waals surface area (Å²) in [7, 11) is 4.27. The largest absolute Gasteiger partial charge is 0.305 e. The third-order valence-electron chi connectivity index (χ3n) is 4.18. The van der Waals surface area contributed by atoms with Crippen LogP contribution < -0.4 is 0 Å². The Balaban J connectivity index is 1.87. The fourth-order valence-electron chi connectivity index (χ4n) is 2.98. The second-order valence-corrected chi connectivity index (χ2v) is 6.26. The minimum atomic E-state index is 0.269. The van der Waals surface area contributed by atoms with Crippen molar-refractivity contribution in [2.45, 2.75) is 32.7 Å². The van der Waals surface area contributed by atoms with E-state index in [1.54, 1.807) is 0 Å². The Morgan fingerprint density at radius 2 is 1.90 bits per heavy atom. The SMILES string of the molecule is Cc1cc(C)cc(C(=O)CCN2CCC(N(C)C)C2)c1. The molecule has 1 aliphatic rings. The van der Waals surface area contributed by atoms with E-state index in [0.29, 0.717) is 12.5 Å². The maximum Gasteiger partial charge on any atom is 0.164 e. The molecule has 1 saturated heterocycles. The molecule has 0 N–H and O–H groups in total. The molecule has 3 nitrogen and oxygen atoms in total. The summed E-state index contributed by atoms with van der Waals surface area (Å²) in [4.78, 5) is 17.0. The average molecular weight is 274 g/mol. The van der Waals surface area contributed by atoms with Gasteiger partial charge >= 0.3 is 0 Å². The van der Waals surface area contributed by atoms with Crippen LogP contribution >= 0.6 is 0 Å². The summed E-state index contributed by atoms with van der Waals surface area (Å²) in [5.74, 6) is 0.269. The minimum Gasteiger partial charge on any atom is -0.305 e. The highest BCUT2D eigenvalue weighted by Crippen LogP contribution is 2.15. The van der Waals surface area contributed by atoms with Crippen LogP contribution in [0.15, 0.2) is 18.2 Å². The molecule has 1 fully saturated rings. The van der Waals surface area contributed by atoms with Gasteiger partial charge in [-0.05, 0) is 53.0 Å². The first-order valence-corrected chi connectivity index (χ1v) is 7.46. The molecule has 1 aromatic carbocycles. The van der Waals surface area contributed by atoms with E-state index in [1.165, 1.54) is 17.5 Å². The van der Waals surface area contributed by atoms with Crippen LogP contribution in [0.4, 0.5) is 0 Å². The minimum absolute atomic E-state index is 0.269. The van der Waals surface area contributed by atoms with Crippen molar-refractivity contribution in [2.24, 2.45) is 0 Å². The van der Waals surface area contributed by atoms with Gasteiger partial charge in [0, 0.05) is 31.1 Å². The monoisotopic (exact) mass is 274 g/mol. The lowest BCUT2D eigenvalue weighted by Gasteiger charge is -2.20. The van der Waals surface area contributed by atoms with Crippen molar-refractivity contribution in [1.82, 2.24) is 9.80 Å². The van der Waals surface area contributed by atoms with Gasteiger partial charge < -0.3 is 9.80 Å². The molecule has 1 atom stereocenters. The fraction of sp³-hybridized carbons (Fsp3) is 0.588. The molecule has 0 aliphatic carbocycles. The van der Waals surface area contributed by atoms with Crippen molar-refractivity contribution in [3.63, 3.8) is 0 Å². The van der Waals surface area contributed by atoms with E-state index < -0.39 is 0 Å². The van der Waals surface area contributed by atoms with Crippen molar-refractivity contribution in [3.05, 3.63) is 34.9 Å². The van der Waals surface area contributed by atoms with E-state index in [4.69, 9.17) is 0 Å². The number of likely N-dealkylation sites (tertiary alicyclic amines) is 1. The third-order valence-corrected chi connectivity index (χ3v) is 4.18.